The molecule has 0 radical (unpaired) electrons. The first-order valence-corrected chi connectivity index (χ1v) is 7.08. The molecule has 110 valence electrons. The number of nitro groups is 1. The highest BCUT2D eigenvalue weighted by Crippen LogP contribution is 2.21. The summed E-state index contributed by atoms with van der Waals surface area (Å²) < 4.78 is 0. The van der Waals surface area contributed by atoms with Crippen molar-refractivity contribution in [3.05, 3.63) is 75.3 Å². The Morgan fingerprint density at radius 1 is 1.14 bits per heavy atom. The van der Waals surface area contributed by atoms with Crippen molar-refractivity contribution in [2.75, 3.05) is 6.54 Å². The number of hydrogen-bond acceptors (Lipinski definition) is 3. The van der Waals surface area contributed by atoms with E-state index < -0.39 is 0 Å². The molecule has 0 bridgehead atoms. The second-order valence-corrected chi connectivity index (χ2v) is 5.26. The molecule has 0 aliphatic heterocycles. The van der Waals surface area contributed by atoms with Crippen LogP contribution in [0.3, 0.4) is 0 Å². The minimum absolute atomic E-state index is 0.186. The molecule has 0 spiro atoms. The van der Waals surface area contributed by atoms with Crippen LogP contribution in [0.4, 0.5) is 5.69 Å². The first-order valence-electron chi connectivity index (χ1n) is 7.08. The fourth-order valence-corrected chi connectivity index (χ4v) is 2.38. The van der Waals surface area contributed by atoms with Crippen molar-refractivity contribution in [3.8, 4) is 0 Å². The van der Waals surface area contributed by atoms with Gasteiger partial charge in [-0.05, 0) is 24.0 Å². The van der Waals surface area contributed by atoms with Gasteiger partial charge in [0.05, 0.1) is 4.92 Å². The number of nitrogens with one attached hydrogen (secondary N) is 1. The van der Waals surface area contributed by atoms with Crippen molar-refractivity contribution >= 4 is 5.69 Å². The van der Waals surface area contributed by atoms with E-state index in [0.717, 1.165) is 17.7 Å². The van der Waals surface area contributed by atoms with Crippen LogP contribution in [0.1, 0.15) is 29.5 Å². The lowest BCUT2D eigenvalue weighted by atomic mass is 10.0. The van der Waals surface area contributed by atoms with Crippen LogP contribution in [0.5, 0.6) is 0 Å². The molecule has 0 fully saturated rings. The van der Waals surface area contributed by atoms with Gasteiger partial charge >= 0.3 is 0 Å². The maximum absolute atomic E-state index is 10.9. The van der Waals surface area contributed by atoms with Crippen molar-refractivity contribution in [2.45, 2.75) is 26.3 Å². The van der Waals surface area contributed by atoms with Crippen molar-refractivity contribution in [1.82, 2.24) is 5.32 Å². The van der Waals surface area contributed by atoms with E-state index in [1.165, 1.54) is 5.56 Å². The largest absolute Gasteiger partial charge is 0.312 e. The minimum Gasteiger partial charge on any atom is -0.312 e. The van der Waals surface area contributed by atoms with Crippen molar-refractivity contribution in [3.63, 3.8) is 0 Å². The van der Waals surface area contributed by atoms with Crippen LogP contribution in [0.2, 0.25) is 0 Å². The van der Waals surface area contributed by atoms with Gasteiger partial charge in [0.15, 0.2) is 0 Å². The van der Waals surface area contributed by atoms with E-state index in [-0.39, 0.29) is 10.6 Å². The Hall–Kier alpha value is -2.20. The smallest absolute Gasteiger partial charge is 0.272 e. The lowest BCUT2D eigenvalue weighted by Crippen LogP contribution is -2.20. The third kappa shape index (κ3) is 3.89. The van der Waals surface area contributed by atoms with Crippen LogP contribution in [-0.2, 0) is 6.54 Å². The molecule has 0 saturated heterocycles. The highest BCUT2D eigenvalue weighted by Gasteiger charge is 2.13. The molecular weight excluding hydrogens is 264 g/mol. The zero-order chi connectivity index (χ0) is 15.2. The Balaban J connectivity index is 1.95. The number of rotatable bonds is 6. The van der Waals surface area contributed by atoms with E-state index in [4.69, 9.17) is 0 Å². The van der Waals surface area contributed by atoms with Crippen molar-refractivity contribution < 1.29 is 4.92 Å². The Kier molecular flexibility index (Phi) is 5.06. The number of benzene rings is 2. The molecule has 2 aromatic carbocycles. The van der Waals surface area contributed by atoms with Crippen molar-refractivity contribution in [1.29, 1.82) is 0 Å². The molecule has 4 nitrogen and oxygen atoms in total. The lowest BCUT2D eigenvalue weighted by molar-refractivity contribution is -0.385. The molecular formula is C17H20N2O2. The predicted molar refractivity (Wildman–Crippen MR) is 84.4 cm³/mol. The van der Waals surface area contributed by atoms with E-state index >= 15 is 0 Å². The van der Waals surface area contributed by atoms with Gasteiger partial charge in [-0.1, -0.05) is 49.4 Å². The maximum atomic E-state index is 10.9. The quantitative estimate of drug-likeness (QED) is 0.648. The molecule has 0 amide bonds. The summed E-state index contributed by atoms with van der Waals surface area (Å²) in [5.74, 6) is 0.408. The molecule has 4 heteroatoms. The Morgan fingerprint density at radius 2 is 1.86 bits per heavy atom. The van der Waals surface area contributed by atoms with Crippen LogP contribution < -0.4 is 5.32 Å². The van der Waals surface area contributed by atoms with Gasteiger partial charge in [0.25, 0.3) is 5.69 Å². The van der Waals surface area contributed by atoms with Crippen LogP contribution in [0.25, 0.3) is 0 Å². The number of hydrogen-bond donors (Lipinski definition) is 1. The van der Waals surface area contributed by atoms with E-state index in [2.05, 4.69) is 24.4 Å². The highest BCUT2D eigenvalue weighted by molar-refractivity contribution is 5.44. The summed E-state index contributed by atoms with van der Waals surface area (Å²) in [6, 6.07) is 15.5. The van der Waals surface area contributed by atoms with Crippen molar-refractivity contribution in [2.24, 2.45) is 0 Å². The first kappa shape index (κ1) is 15.2. The SMILES string of the molecule is Cc1c(CNCC(C)c2ccccc2)cccc1[N+](=O)[O-]. The second-order valence-electron chi connectivity index (χ2n) is 5.26. The van der Waals surface area contributed by atoms with Crippen LogP contribution in [0, 0.1) is 17.0 Å². The van der Waals surface area contributed by atoms with Crippen LogP contribution in [-0.4, -0.2) is 11.5 Å². The lowest BCUT2D eigenvalue weighted by Gasteiger charge is -2.14. The summed E-state index contributed by atoms with van der Waals surface area (Å²) in [7, 11) is 0. The van der Waals surface area contributed by atoms with E-state index in [9.17, 15) is 10.1 Å². The monoisotopic (exact) mass is 284 g/mol. The molecule has 0 aliphatic rings. The van der Waals surface area contributed by atoms with Gasteiger partial charge in [-0.3, -0.25) is 10.1 Å². The molecule has 2 rings (SSSR count). The zero-order valence-electron chi connectivity index (χ0n) is 12.4. The minimum atomic E-state index is -0.328. The average Bonchev–Trinajstić information content (AvgIpc) is 2.49. The van der Waals surface area contributed by atoms with E-state index in [0.29, 0.717) is 12.5 Å². The Labute approximate surface area is 125 Å². The molecule has 0 aromatic heterocycles. The Morgan fingerprint density at radius 3 is 2.52 bits per heavy atom. The summed E-state index contributed by atoms with van der Waals surface area (Å²) in [6.07, 6.45) is 0. The summed E-state index contributed by atoms with van der Waals surface area (Å²) in [6.45, 7) is 5.45. The maximum Gasteiger partial charge on any atom is 0.272 e. The third-order valence-corrected chi connectivity index (χ3v) is 3.75. The summed E-state index contributed by atoms with van der Waals surface area (Å²) >= 11 is 0. The van der Waals surface area contributed by atoms with E-state index in [1.807, 2.05) is 24.3 Å². The highest BCUT2D eigenvalue weighted by atomic mass is 16.6. The van der Waals surface area contributed by atoms with E-state index in [1.54, 1.807) is 19.1 Å². The standard InChI is InChI=1S/C17H20N2O2/c1-13(15-7-4-3-5-8-15)11-18-12-16-9-6-10-17(14(16)2)19(20)21/h3-10,13,18H,11-12H2,1-2H3. The van der Waals surface area contributed by atoms with Crippen LogP contribution >= 0.6 is 0 Å². The van der Waals surface area contributed by atoms with Gasteiger partial charge < -0.3 is 5.32 Å². The molecule has 1 atom stereocenters. The molecule has 21 heavy (non-hydrogen) atoms. The number of nitro benzene ring substituents is 1. The topological polar surface area (TPSA) is 55.2 Å². The molecule has 0 saturated carbocycles. The van der Waals surface area contributed by atoms with Gasteiger partial charge in [0.2, 0.25) is 0 Å². The van der Waals surface area contributed by atoms with Gasteiger partial charge in [0, 0.05) is 24.7 Å². The summed E-state index contributed by atoms with van der Waals surface area (Å²) in [5, 5.41) is 14.3. The third-order valence-electron chi connectivity index (χ3n) is 3.75. The fraction of sp³-hybridized carbons (Fsp3) is 0.294. The molecule has 1 unspecified atom stereocenters. The van der Waals surface area contributed by atoms with Gasteiger partial charge in [-0.25, -0.2) is 0 Å². The van der Waals surface area contributed by atoms with Gasteiger partial charge in [-0.15, -0.1) is 0 Å². The average molecular weight is 284 g/mol. The van der Waals surface area contributed by atoms with Crippen LogP contribution in [0.15, 0.2) is 48.5 Å². The van der Waals surface area contributed by atoms with Gasteiger partial charge in [0.1, 0.15) is 0 Å². The zero-order valence-corrected chi connectivity index (χ0v) is 12.4. The summed E-state index contributed by atoms with van der Waals surface area (Å²) in [5.41, 5.74) is 3.19. The molecule has 2 aromatic rings. The fourth-order valence-electron chi connectivity index (χ4n) is 2.38. The predicted octanol–water partition coefficient (Wildman–Crippen LogP) is 3.80. The second kappa shape index (κ2) is 6.99. The number of nitrogens with zero attached hydrogens (tertiary/aromatic N) is 1. The molecule has 0 heterocycles. The normalized spacial score (nSPS) is 12.1. The van der Waals surface area contributed by atoms with Gasteiger partial charge in [-0.2, -0.15) is 0 Å². The molecule has 1 N–H and O–H groups in total. The Bertz CT molecular complexity index is 611. The first-order chi connectivity index (χ1) is 10.1. The summed E-state index contributed by atoms with van der Waals surface area (Å²) in [4.78, 5) is 10.6. The molecule has 0 aliphatic carbocycles.